The number of benzene rings is 2. The maximum absolute atomic E-state index is 12.9. The minimum Gasteiger partial charge on any atom is -0.361 e. The standard InChI is InChI=1S/C20H19N3O2/c1-22(2)18(24)12-23-19(14-8-3-4-9-15(14)20(23)25)16-11-21-17-10-6-5-7-13(16)17/h3-11,19,21H,12H2,1-2H3/t19-/m1/s1. The third-order valence-corrected chi connectivity index (χ3v) is 4.78. The second-order valence-corrected chi connectivity index (χ2v) is 6.50. The van der Waals surface area contributed by atoms with E-state index >= 15 is 0 Å². The van der Waals surface area contributed by atoms with Gasteiger partial charge in [-0.2, -0.15) is 0 Å². The summed E-state index contributed by atoms with van der Waals surface area (Å²) < 4.78 is 0. The summed E-state index contributed by atoms with van der Waals surface area (Å²) in [6, 6.07) is 15.4. The first kappa shape index (κ1) is 15.4. The lowest BCUT2D eigenvalue weighted by Gasteiger charge is -2.26. The average Bonchev–Trinajstić information content (AvgIpc) is 3.15. The van der Waals surface area contributed by atoms with Gasteiger partial charge in [-0.3, -0.25) is 9.59 Å². The lowest BCUT2D eigenvalue weighted by atomic mass is 9.97. The Bertz CT molecular complexity index is 974. The number of rotatable bonds is 3. The van der Waals surface area contributed by atoms with Crippen LogP contribution in [0.5, 0.6) is 0 Å². The minimum absolute atomic E-state index is 0.0602. The number of nitrogens with one attached hydrogen (secondary N) is 1. The molecule has 0 bridgehead atoms. The van der Waals surface area contributed by atoms with E-state index in [1.54, 1.807) is 19.0 Å². The number of amides is 2. The fourth-order valence-corrected chi connectivity index (χ4v) is 3.48. The molecule has 2 heterocycles. The van der Waals surface area contributed by atoms with Crippen molar-refractivity contribution in [1.29, 1.82) is 0 Å². The number of carbonyl (C=O) groups excluding carboxylic acids is 2. The molecule has 1 aliphatic heterocycles. The third kappa shape index (κ3) is 2.39. The number of likely N-dealkylation sites (N-methyl/N-ethyl adjacent to an activating group) is 1. The van der Waals surface area contributed by atoms with E-state index in [0.717, 1.165) is 22.0 Å². The van der Waals surface area contributed by atoms with Crippen molar-refractivity contribution >= 4 is 22.7 Å². The normalized spacial score (nSPS) is 16.3. The number of hydrogen-bond donors (Lipinski definition) is 1. The van der Waals surface area contributed by atoms with Crippen molar-refractivity contribution in [2.45, 2.75) is 6.04 Å². The van der Waals surface area contributed by atoms with E-state index in [-0.39, 0.29) is 24.4 Å². The van der Waals surface area contributed by atoms with Gasteiger partial charge in [0.15, 0.2) is 0 Å². The second-order valence-electron chi connectivity index (χ2n) is 6.50. The van der Waals surface area contributed by atoms with Crippen LogP contribution in [-0.2, 0) is 4.79 Å². The van der Waals surface area contributed by atoms with Crippen LogP contribution in [0.25, 0.3) is 10.9 Å². The predicted octanol–water partition coefficient (Wildman–Crippen LogP) is 2.80. The lowest BCUT2D eigenvalue weighted by molar-refractivity contribution is -0.129. The van der Waals surface area contributed by atoms with Gasteiger partial charge >= 0.3 is 0 Å². The first-order valence-electron chi connectivity index (χ1n) is 8.24. The Hall–Kier alpha value is -3.08. The van der Waals surface area contributed by atoms with Crippen LogP contribution >= 0.6 is 0 Å². The largest absolute Gasteiger partial charge is 0.361 e. The van der Waals surface area contributed by atoms with Gasteiger partial charge < -0.3 is 14.8 Å². The van der Waals surface area contributed by atoms with Crippen LogP contribution in [0.2, 0.25) is 0 Å². The molecule has 0 aliphatic carbocycles. The molecule has 1 aliphatic rings. The number of aromatic amines is 1. The summed E-state index contributed by atoms with van der Waals surface area (Å²) in [6.07, 6.45) is 1.94. The first-order valence-corrected chi connectivity index (χ1v) is 8.24. The highest BCUT2D eigenvalue weighted by Crippen LogP contribution is 2.40. The molecule has 0 saturated carbocycles. The SMILES string of the molecule is CN(C)C(=O)CN1C(=O)c2ccccc2[C@@H]1c1c[nH]c2ccccc12. The Balaban J connectivity index is 1.86. The van der Waals surface area contributed by atoms with Crippen LogP contribution in [0.1, 0.15) is 27.5 Å². The number of nitrogens with zero attached hydrogens (tertiary/aromatic N) is 2. The topological polar surface area (TPSA) is 56.4 Å². The van der Waals surface area contributed by atoms with Crippen molar-refractivity contribution in [3.8, 4) is 0 Å². The van der Waals surface area contributed by atoms with Crippen molar-refractivity contribution in [1.82, 2.24) is 14.8 Å². The first-order chi connectivity index (χ1) is 12.1. The van der Waals surface area contributed by atoms with E-state index in [0.29, 0.717) is 5.56 Å². The highest BCUT2D eigenvalue weighted by molar-refractivity contribution is 6.02. The summed E-state index contributed by atoms with van der Waals surface area (Å²) in [6.45, 7) is 0.0602. The molecule has 4 rings (SSSR count). The summed E-state index contributed by atoms with van der Waals surface area (Å²) in [5.74, 6) is -0.188. The van der Waals surface area contributed by atoms with Crippen molar-refractivity contribution in [2.24, 2.45) is 0 Å². The molecule has 126 valence electrons. The summed E-state index contributed by atoms with van der Waals surface area (Å²) in [7, 11) is 3.41. The van der Waals surface area contributed by atoms with E-state index in [1.807, 2.05) is 54.7 Å². The summed E-state index contributed by atoms with van der Waals surface area (Å²) in [5, 5.41) is 1.07. The number of hydrogen-bond acceptors (Lipinski definition) is 2. The molecule has 0 spiro atoms. The maximum Gasteiger partial charge on any atom is 0.255 e. The number of carbonyl (C=O) groups is 2. The van der Waals surface area contributed by atoms with Gasteiger partial charge in [0.2, 0.25) is 5.91 Å². The number of H-pyrrole nitrogens is 1. The van der Waals surface area contributed by atoms with Crippen LogP contribution < -0.4 is 0 Å². The molecule has 25 heavy (non-hydrogen) atoms. The van der Waals surface area contributed by atoms with Gasteiger partial charge in [0, 0.05) is 42.3 Å². The molecule has 5 nitrogen and oxygen atoms in total. The minimum atomic E-state index is -0.260. The molecule has 3 aromatic rings. The smallest absolute Gasteiger partial charge is 0.255 e. The molecule has 5 heteroatoms. The molecule has 0 saturated heterocycles. The lowest BCUT2D eigenvalue weighted by Crippen LogP contribution is -2.39. The summed E-state index contributed by atoms with van der Waals surface area (Å²) in [5.41, 5.74) is 3.65. The zero-order chi connectivity index (χ0) is 17.6. The Morgan fingerprint density at radius 1 is 1.08 bits per heavy atom. The van der Waals surface area contributed by atoms with Crippen molar-refractivity contribution < 1.29 is 9.59 Å². The molecule has 0 radical (unpaired) electrons. The average molecular weight is 333 g/mol. The molecule has 1 atom stereocenters. The van der Waals surface area contributed by atoms with Crippen LogP contribution in [0.4, 0.5) is 0 Å². The Morgan fingerprint density at radius 3 is 2.60 bits per heavy atom. The van der Waals surface area contributed by atoms with E-state index in [1.165, 1.54) is 4.90 Å². The molecule has 1 aromatic heterocycles. The van der Waals surface area contributed by atoms with Gasteiger partial charge in [-0.05, 0) is 17.7 Å². The molecule has 0 fully saturated rings. The highest BCUT2D eigenvalue weighted by atomic mass is 16.2. The van der Waals surface area contributed by atoms with Crippen LogP contribution in [0, 0.1) is 0 Å². The van der Waals surface area contributed by atoms with Crippen molar-refractivity contribution in [3.05, 3.63) is 71.4 Å². The fraction of sp³-hybridized carbons (Fsp3) is 0.200. The molecular weight excluding hydrogens is 314 g/mol. The number of fused-ring (bicyclic) bond motifs is 2. The predicted molar refractivity (Wildman–Crippen MR) is 96.3 cm³/mol. The third-order valence-electron chi connectivity index (χ3n) is 4.78. The van der Waals surface area contributed by atoms with Crippen LogP contribution in [-0.4, -0.2) is 47.2 Å². The van der Waals surface area contributed by atoms with Crippen LogP contribution in [0.15, 0.2) is 54.7 Å². The summed E-state index contributed by atoms with van der Waals surface area (Å²) in [4.78, 5) is 31.7. The zero-order valence-electron chi connectivity index (χ0n) is 14.2. The van der Waals surface area contributed by atoms with Gasteiger partial charge in [-0.25, -0.2) is 0 Å². The number of aromatic nitrogens is 1. The molecule has 2 aromatic carbocycles. The van der Waals surface area contributed by atoms with Gasteiger partial charge in [-0.1, -0.05) is 36.4 Å². The fourth-order valence-electron chi connectivity index (χ4n) is 3.48. The Morgan fingerprint density at radius 2 is 1.80 bits per heavy atom. The summed E-state index contributed by atoms with van der Waals surface area (Å²) >= 11 is 0. The highest BCUT2D eigenvalue weighted by Gasteiger charge is 2.39. The van der Waals surface area contributed by atoms with E-state index < -0.39 is 0 Å². The maximum atomic E-state index is 12.9. The van der Waals surface area contributed by atoms with Gasteiger partial charge in [0.25, 0.3) is 5.91 Å². The monoisotopic (exact) mass is 333 g/mol. The van der Waals surface area contributed by atoms with E-state index in [4.69, 9.17) is 0 Å². The van der Waals surface area contributed by atoms with Crippen molar-refractivity contribution in [3.63, 3.8) is 0 Å². The number of para-hydroxylation sites is 1. The van der Waals surface area contributed by atoms with E-state index in [9.17, 15) is 9.59 Å². The van der Waals surface area contributed by atoms with Gasteiger partial charge in [-0.15, -0.1) is 0 Å². The van der Waals surface area contributed by atoms with Crippen molar-refractivity contribution in [2.75, 3.05) is 20.6 Å². The van der Waals surface area contributed by atoms with Gasteiger partial charge in [0.05, 0.1) is 6.04 Å². The van der Waals surface area contributed by atoms with E-state index in [2.05, 4.69) is 4.98 Å². The second kappa shape index (κ2) is 5.77. The Kier molecular flexibility index (Phi) is 3.57. The van der Waals surface area contributed by atoms with Gasteiger partial charge in [0.1, 0.15) is 6.54 Å². The molecular formula is C20H19N3O2. The zero-order valence-corrected chi connectivity index (χ0v) is 14.2. The molecule has 1 N–H and O–H groups in total. The molecule has 2 amide bonds. The Labute approximate surface area is 145 Å². The van der Waals surface area contributed by atoms with Crippen LogP contribution in [0.3, 0.4) is 0 Å². The molecule has 0 unspecified atom stereocenters. The quantitative estimate of drug-likeness (QED) is 0.801.